The zero-order chi connectivity index (χ0) is 17.9. The molecule has 23 heavy (non-hydrogen) atoms. The first-order valence-corrected chi connectivity index (χ1v) is 10.3. The lowest BCUT2D eigenvalue weighted by molar-refractivity contribution is -0.743. The first-order valence-electron chi connectivity index (χ1n) is 8.08. The number of hydrogen-bond acceptors (Lipinski definition) is 5. The molecule has 0 fully saturated rings. The van der Waals surface area contributed by atoms with Crippen molar-refractivity contribution in [1.82, 2.24) is 0 Å². The summed E-state index contributed by atoms with van der Waals surface area (Å²) in [4.78, 5) is 4.95. The van der Waals surface area contributed by atoms with E-state index < -0.39 is 33.0 Å². The number of rotatable bonds is 5. The first kappa shape index (κ1) is 20.0. The largest absolute Gasteiger partial charge is 0.393 e. The minimum atomic E-state index is -2.01. The third-order valence-corrected chi connectivity index (χ3v) is 11.2. The van der Waals surface area contributed by atoms with Gasteiger partial charge in [-0.2, -0.15) is 0 Å². The van der Waals surface area contributed by atoms with Gasteiger partial charge in [-0.05, 0) is 16.6 Å². The summed E-state index contributed by atoms with van der Waals surface area (Å²) in [6.07, 6.45) is -3.80. The van der Waals surface area contributed by atoms with Gasteiger partial charge in [-0.1, -0.05) is 47.5 Å². The molecule has 0 bridgehead atoms. The van der Waals surface area contributed by atoms with E-state index in [0.29, 0.717) is 16.6 Å². The minimum Gasteiger partial charge on any atom is -0.393 e. The molecule has 1 aliphatic heterocycles. The number of aliphatic hydroxyl groups is 3. The number of nitrogens with zero attached hydrogens (tertiary/aromatic N) is 1. The van der Waals surface area contributed by atoms with E-state index in [1.54, 1.807) is 0 Å². The Bertz CT molecular complexity index is 485. The van der Waals surface area contributed by atoms with Crippen molar-refractivity contribution in [2.75, 3.05) is 6.61 Å². The third-order valence-electron chi connectivity index (χ3n) is 4.88. The van der Waals surface area contributed by atoms with Gasteiger partial charge < -0.3 is 20.2 Å². The lowest BCUT2D eigenvalue weighted by Gasteiger charge is -2.38. The minimum absolute atomic E-state index is 0.0677. The van der Waals surface area contributed by atoms with Crippen LogP contribution in [-0.2, 0) is 4.84 Å². The van der Waals surface area contributed by atoms with Crippen LogP contribution in [0.2, 0.25) is 16.6 Å². The van der Waals surface area contributed by atoms with Crippen molar-refractivity contribution in [2.24, 2.45) is 0 Å². The topological polar surface area (TPSA) is 96.0 Å². The van der Waals surface area contributed by atoms with Gasteiger partial charge in [-0.3, -0.25) is 5.21 Å². The van der Waals surface area contributed by atoms with Crippen LogP contribution in [0, 0.1) is 16.7 Å². The Balaban J connectivity index is 3.05. The molecule has 0 saturated heterocycles. The third kappa shape index (κ3) is 3.71. The molecule has 0 aromatic rings. The summed E-state index contributed by atoms with van der Waals surface area (Å²) in [6, 6.07) is 0. The summed E-state index contributed by atoms with van der Waals surface area (Å²) in [6.45, 7) is 12.3. The molecule has 1 rings (SSSR count). The van der Waals surface area contributed by atoms with E-state index in [9.17, 15) is 15.4 Å². The molecule has 0 unspecified atom stereocenters. The number of aliphatic hydroxyl groups excluding tert-OH is 3. The van der Waals surface area contributed by atoms with E-state index in [2.05, 4.69) is 53.0 Å². The van der Waals surface area contributed by atoms with E-state index in [1.165, 1.54) is 0 Å². The van der Waals surface area contributed by atoms with Gasteiger partial charge >= 0.3 is 0 Å². The molecule has 0 spiro atoms. The van der Waals surface area contributed by atoms with Gasteiger partial charge in [-0.15, -0.1) is 5.54 Å². The van der Waals surface area contributed by atoms with Crippen molar-refractivity contribution in [3.63, 3.8) is 0 Å². The molecule has 3 N–H and O–H groups in total. The van der Waals surface area contributed by atoms with Crippen molar-refractivity contribution < 1.29 is 25.1 Å². The molecule has 7 heteroatoms. The molecule has 0 aromatic heterocycles. The van der Waals surface area contributed by atoms with Crippen LogP contribution >= 0.6 is 0 Å². The van der Waals surface area contributed by atoms with Gasteiger partial charge in [-0.25, -0.2) is 0 Å². The van der Waals surface area contributed by atoms with Crippen LogP contribution in [0.5, 0.6) is 0 Å². The Morgan fingerprint density at radius 1 is 1.17 bits per heavy atom. The fourth-order valence-electron chi connectivity index (χ4n) is 3.63. The van der Waals surface area contributed by atoms with E-state index >= 15 is 0 Å². The lowest BCUT2D eigenvalue weighted by Crippen LogP contribution is -2.44. The van der Waals surface area contributed by atoms with Gasteiger partial charge in [0.25, 0.3) is 5.71 Å². The smallest absolute Gasteiger partial charge is 0.276 e. The highest BCUT2D eigenvalue weighted by Gasteiger charge is 2.44. The van der Waals surface area contributed by atoms with Gasteiger partial charge in [0, 0.05) is 4.90 Å². The molecule has 1 aliphatic rings. The van der Waals surface area contributed by atoms with Crippen LogP contribution in [0.1, 0.15) is 41.5 Å². The maximum absolute atomic E-state index is 11.4. The van der Waals surface area contributed by atoms with Gasteiger partial charge in [0.05, 0.1) is 0 Å². The molecule has 132 valence electrons. The normalized spacial score (nSPS) is 23.3. The van der Waals surface area contributed by atoms with Crippen LogP contribution < -0.4 is 0 Å². The summed E-state index contributed by atoms with van der Waals surface area (Å²) in [5, 5.41) is 40.7. The van der Waals surface area contributed by atoms with Crippen molar-refractivity contribution in [1.29, 1.82) is 0 Å². The van der Waals surface area contributed by atoms with Crippen molar-refractivity contribution in [3.05, 3.63) is 5.21 Å². The molecule has 1 heterocycles. The van der Waals surface area contributed by atoms with Crippen LogP contribution in [0.25, 0.3) is 0 Å². The fraction of sp³-hybridized carbons (Fsp3) is 0.812. The highest BCUT2D eigenvalue weighted by Crippen LogP contribution is 2.40. The van der Waals surface area contributed by atoms with Gasteiger partial charge in [0.2, 0.25) is 0 Å². The zero-order valence-corrected chi connectivity index (χ0v) is 15.8. The van der Waals surface area contributed by atoms with Gasteiger partial charge in [0.15, 0.2) is 6.10 Å². The fourth-order valence-corrected chi connectivity index (χ4v) is 8.89. The highest BCUT2D eigenvalue weighted by atomic mass is 28.3. The molecular weight excluding hydrogens is 314 g/mol. The maximum Gasteiger partial charge on any atom is 0.276 e. The summed E-state index contributed by atoms with van der Waals surface area (Å²) in [5.41, 5.74) is 4.35. The van der Waals surface area contributed by atoms with E-state index in [4.69, 9.17) is 9.94 Å². The molecule has 6 nitrogen and oxygen atoms in total. The van der Waals surface area contributed by atoms with Crippen molar-refractivity contribution >= 4 is 13.8 Å². The van der Waals surface area contributed by atoms with Crippen LogP contribution in [0.4, 0.5) is 0 Å². The molecular formula is C16H29NO5Si. The average molecular weight is 343 g/mol. The molecule has 0 aliphatic carbocycles. The average Bonchev–Trinajstić information content (AvgIpc) is 2.72. The zero-order valence-electron chi connectivity index (χ0n) is 14.8. The molecule has 3 atom stereocenters. The predicted octanol–water partition coefficient (Wildman–Crippen LogP) is 1.19. The van der Waals surface area contributed by atoms with Gasteiger partial charge in [0.1, 0.15) is 26.9 Å². The second-order valence-electron chi connectivity index (χ2n) is 7.03. The standard InChI is InChI=1S/C16H29NO5Si/c1-10(2)23(11(3)4,12(5)6)8-7-14(19)16-15(20)13(9-18)17(21)22-16/h10-12,14-16,18-20H,9H2,1-6H3/t14-,15-,16-/m1/s1. The Hall–Kier alpha value is -1.07. The molecule has 0 radical (unpaired) electrons. The Kier molecular flexibility index (Phi) is 6.66. The van der Waals surface area contributed by atoms with Crippen LogP contribution in [-0.4, -0.2) is 58.9 Å². The maximum atomic E-state index is 11.4. The predicted molar refractivity (Wildman–Crippen MR) is 91.4 cm³/mol. The summed E-state index contributed by atoms with van der Waals surface area (Å²) in [5.74, 6) is 2.83. The van der Waals surface area contributed by atoms with E-state index in [-0.39, 0.29) is 10.6 Å². The Morgan fingerprint density at radius 3 is 2.00 bits per heavy atom. The SMILES string of the molecule is CC(C)[Si](C#C[C@@H](O)[C@H]1O[N+]([O-])=C(CO)[C@H]1O)(C(C)C)C(C)C. The van der Waals surface area contributed by atoms with E-state index in [1.807, 2.05) is 0 Å². The van der Waals surface area contributed by atoms with Crippen molar-refractivity contribution in [2.45, 2.75) is 76.5 Å². The second kappa shape index (κ2) is 7.66. The van der Waals surface area contributed by atoms with E-state index in [0.717, 1.165) is 0 Å². The van der Waals surface area contributed by atoms with Crippen molar-refractivity contribution in [3.8, 4) is 11.5 Å². The quantitative estimate of drug-likeness (QED) is 0.396. The summed E-state index contributed by atoms with van der Waals surface area (Å²) >= 11 is 0. The monoisotopic (exact) mass is 343 g/mol. The summed E-state index contributed by atoms with van der Waals surface area (Å²) in [7, 11) is -2.01. The highest BCUT2D eigenvalue weighted by molar-refractivity contribution is 6.90. The Labute approximate surface area is 139 Å². The second-order valence-corrected chi connectivity index (χ2v) is 12.6. The lowest BCUT2D eigenvalue weighted by atomic mass is 10.1. The Morgan fingerprint density at radius 2 is 1.65 bits per heavy atom. The molecule has 0 saturated carbocycles. The summed E-state index contributed by atoms with van der Waals surface area (Å²) < 4.78 is 0. The first-order chi connectivity index (χ1) is 10.6. The molecule has 0 aromatic carbocycles. The number of hydrogen-bond donors (Lipinski definition) is 3. The van der Waals surface area contributed by atoms with Crippen LogP contribution in [0.15, 0.2) is 0 Å². The molecule has 0 amide bonds. The van der Waals surface area contributed by atoms with Crippen LogP contribution in [0.3, 0.4) is 0 Å².